The molecule has 24 heavy (non-hydrogen) atoms. The summed E-state index contributed by atoms with van der Waals surface area (Å²) in [5, 5.41) is 6.99. The van der Waals surface area contributed by atoms with Crippen molar-refractivity contribution in [2.75, 3.05) is 27.0 Å². The predicted molar refractivity (Wildman–Crippen MR) is 92.7 cm³/mol. The molecule has 9 heteroatoms. The SMILES string of the molecule is CCCCON1CN=C(N)C2=C1NC(C1CCCCO1)N2OC.[NaH]. The molecule has 3 aliphatic rings. The Hall–Kier alpha value is -0.510. The molecule has 3 N–H and O–H groups in total. The Labute approximate surface area is 165 Å². The van der Waals surface area contributed by atoms with E-state index >= 15 is 0 Å². The van der Waals surface area contributed by atoms with Crippen molar-refractivity contribution in [2.24, 2.45) is 10.7 Å². The van der Waals surface area contributed by atoms with Crippen molar-refractivity contribution < 1.29 is 14.4 Å². The van der Waals surface area contributed by atoms with Crippen molar-refractivity contribution >= 4 is 35.4 Å². The van der Waals surface area contributed by atoms with Gasteiger partial charge in [-0.3, -0.25) is 9.68 Å². The van der Waals surface area contributed by atoms with E-state index in [-0.39, 0.29) is 41.8 Å². The van der Waals surface area contributed by atoms with E-state index in [0.29, 0.717) is 19.1 Å². The fourth-order valence-electron chi connectivity index (χ4n) is 3.11. The molecule has 0 aromatic rings. The summed E-state index contributed by atoms with van der Waals surface area (Å²) in [6, 6.07) is 0. The molecule has 3 aliphatic heterocycles. The molecular formula is C15H28N5NaO3. The number of hydroxylamine groups is 4. The molecule has 3 heterocycles. The fourth-order valence-corrected chi connectivity index (χ4v) is 3.11. The summed E-state index contributed by atoms with van der Waals surface area (Å²) in [6.07, 6.45) is 5.29. The number of nitrogens with two attached hydrogens (primary N) is 1. The summed E-state index contributed by atoms with van der Waals surface area (Å²) >= 11 is 0. The van der Waals surface area contributed by atoms with Crippen LogP contribution in [0, 0.1) is 0 Å². The molecular weight excluding hydrogens is 321 g/mol. The third-order valence-corrected chi connectivity index (χ3v) is 4.35. The summed E-state index contributed by atoms with van der Waals surface area (Å²) in [5.41, 5.74) is 6.83. The molecule has 132 valence electrons. The van der Waals surface area contributed by atoms with Crippen molar-refractivity contribution in [2.45, 2.75) is 51.3 Å². The minimum atomic E-state index is -0.116. The molecule has 2 unspecified atom stereocenters. The average Bonchev–Trinajstić information content (AvgIpc) is 2.98. The number of aliphatic imine (C=N–C) groups is 1. The maximum atomic E-state index is 6.10. The van der Waals surface area contributed by atoms with Gasteiger partial charge in [-0.15, -0.1) is 0 Å². The van der Waals surface area contributed by atoms with Crippen LogP contribution in [0.25, 0.3) is 0 Å². The van der Waals surface area contributed by atoms with Crippen LogP contribution in [0.5, 0.6) is 0 Å². The Morgan fingerprint density at radius 2 is 2.25 bits per heavy atom. The van der Waals surface area contributed by atoms with E-state index in [1.165, 1.54) is 0 Å². The second kappa shape index (κ2) is 9.26. The Bertz CT molecular complexity index is 482. The van der Waals surface area contributed by atoms with Gasteiger partial charge in [-0.25, -0.2) is 15.1 Å². The molecule has 0 aromatic heterocycles. The van der Waals surface area contributed by atoms with Gasteiger partial charge in [0.05, 0.1) is 19.8 Å². The number of rotatable bonds is 6. The second-order valence-electron chi connectivity index (χ2n) is 5.95. The molecule has 0 bridgehead atoms. The van der Waals surface area contributed by atoms with Crippen molar-refractivity contribution in [1.29, 1.82) is 0 Å². The van der Waals surface area contributed by atoms with Crippen LogP contribution in [0.1, 0.15) is 39.0 Å². The van der Waals surface area contributed by atoms with Crippen LogP contribution < -0.4 is 11.1 Å². The summed E-state index contributed by atoms with van der Waals surface area (Å²) in [5.74, 6) is 1.28. The third kappa shape index (κ3) is 4.00. The van der Waals surface area contributed by atoms with Crippen molar-refractivity contribution in [3.05, 3.63) is 11.5 Å². The van der Waals surface area contributed by atoms with Gasteiger partial charge in [-0.05, 0) is 25.7 Å². The molecule has 0 amide bonds. The van der Waals surface area contributed by atoms with Gasteiger partial charge in [0.25, 0.3) is 0 Å². The minimum absolute atomic E-state index is 0. The first-order valence-corrected chi connectivity index (χ1v) is 8.42. The zero-order valence-corrected chi connectivity index (χ0v) is 14.0. The Balaban J connectivity index is 0.00000208. The number of nitrogens with one attached hydrogen (secondary N) is 1. The van der Waals surface area contributed by atoms with E-state index in [4.69, 9.17) is 20.1 Å². The van der Waals surface area contributed by atoms with E-state index in [9.17, 15) is 0 Å². The van der Waals surface area contributed by atoms with Crippen LogP contribution in [0.3, 0.4) is 0 Å². The van der Waals surface area contributed by atoms with Gasteiger partial charge >= 0.3 is 29.6 Å². The first-order valence-electron chi connectivity index (χ1n) is 8.42. The van der Waals surface area contributed by atoms with Crippen LogP contribution >= 0.6 is 0 Å². The Morgan fingerprint density at radius 1 is 1.42 bits per heavy atom. The van der Waals surface area contributed by atoms with Crippen LogP contribution in [0.15, 0.2) is 16.5 Å². The van der Waals surface area contributed by atoms with E-state index < -0.39 is 0 Å². The van der Waals surface area contributed by atoms with Gasteiger partial charge in [0.2, 0.25) is 0 Å². The molecule has 0 aromatic carbocycles. The van der Waals surface area contributed by atoms with Gasteiger partial charge in [-0.1, -0.05) is 13.3 Å². The topological polar surface area (TPSA) is 84.6 Å². The zero-order valence-electron chi connectivity index (χ0n) is 14.0. The molecule has 8 nitrogen and oxygen atoms in total. The first kappa shape index (κ1) is 19.8. The van der Waals surface area contributed by atoms with E-state index in [1.54, 1.807) is 17.2 Å². The van der Waals surface area contributed by atoms with Crippen molar-refractivity contribution in [3.8, 4) is 0 Å². The molecule has 2 atom stereocenters. The molecule has 0 spiro atoms. The van der Waals surface area contributed by atoms with Gasteiger partial charge < -0.3 is 15.8 Å². The second-order valence-corrected chi connectivity index (χ2v) is 5.95. The molecule has 0 radical (unpaired) electrons. The normalized spacial score (nSPS) is 26.7. The predicted octanol–water partition coefficient (Wildman–Crippen LogP) is 0.231. The van der Waals surface area contributed by atoms with E-state index in [2.05, 4.69) is 17.2 Å². The van der Waals surface area contributed by atoms with Gasteiger partial charge in [0.15, 0.2) is 23.5 Å². The molecule has 0 aliphatic carbocycles. The standard InChI is InChI=1S/C15H27N5O3.Na.H/c1-3-4-9-23-19-10-17-13(16)12-15(19)18-14(20(12)21-2)11-7-5-6-8-22-11;;/h11,14,18H,3-10H2,1-2H3,(H2,16,17);;. The van der Waals surface area contributed by atoms with Crippen molar-refractivity contribution in [1.82, 2.24) is 15.4 Å². The maximum absolute atomic E-state index is 6.10. The Morgan fingerprint density at radius 3 is 2.92 bits per heavy atom. The van der Waals surface area contributed by atoms with Crippen LogP contribution in [-0.4, -0.2) is 84.8 Å². The van der Waals surface area contributed by atoms with Crippen LogP contribution in [-0.2, 0) is 14.4 Å². The van der Waals surface area contributed by atoms with Gasteiger partial charge in [0, 0.05) is 6.61 Å². The summed E-state index contributed by atoms with van der Waals surface area (Å²) in [6.45, 7) is 3.96. The van der Waals surface area contributed by atoms with E-state index in [0.717, 1.165) is 50.2 Å². The Kier molecular flexibility index (Phi) is 7.64. The number of unbranched alkanes of at least 4 members (excludes halogenated alkanes) is 1. The molecule has 1 fully saturated rings. The summed E-state index contributed by atoms with van der Waals surface area (Å²) < 4.78 is 5.92. The summed E-state index contributed by atoms with van der Waals surface area (Å²) in [7, 11) is 1.64. The number of amidine groups is 1. The third-order valence-electron chi connectivity index (χ3n) is 4.35. The zero-order chi connectivity index (χ0) is 16.2. The summed E-state index contributed by atoms with van der Waals surface area (Å²) in [4.78, 5) is 15.8. The number of hydrogen-bond acceptors (Lipinski definition) is 8. The fraction of sp³-hybridized carbons (Fsp3) is 0.800. The number of ether oxygens (including phenoxy) is 1. The average molecular weight is 349 g/mol. The van der Waals surface area contributed by atoms with Crippen LogP contribution in [0.4, 0.5) is 0 Å². The first-order chi connectivity index (χ1) is 11.3. The monoisotopic (exact) mass is 349 g/mol. The quantitative estimate of drug-likeness (QED) is 0.524. The van der Waals surface area contributed by atoms with Crippen molar-refractivity contribution in [3.63, 3.8) is 0 Å². The van der Waals surface area contributed by atoms with Crippen LogP contribution in [0.2, 0.25) is 0 Å². The van der Waals surface area contributed by atoms with E-state index in [1.807, 2.05) is 0 Å². The van der Waals surface area contributed by atoms with Gasteiger partial charge in [-0.2, -0.15) is 0 Å². The van der Waals surface area contributed by atoms with Gasteiger partial charge in [0.1, 0.15) is 6.67 Å². The molecule has 1 saturated heterocycles. The number of nitrogens with zero attached hydrogens (tertiary/aromatic N) is 3. The molecule has 0 saturated carbocycles. The molecule has 3 rings (SSSR count). The number of hydrogen-bond donors (Lipinski definition) is 2.